The van der Waals surface area contributed by atoms with E-state index in [1.54, 1.807) is 18.3 Å². The summed E-state index contributed by atoms with van der Waals surface area (Å²) >= 11 is 0. The maximum atomic E-state index is 12.9. The fourth-order valence-corrected chi connectivity index (χ4v) is 2.12. The Balaban J connectivity index is 1.96. The number of hydrogen-bond acceptors (Lipinski definition) is 2. The number of nitrogens with zero attached hydrogens (tertiary/aromatic N) is 1. The quantitative estimate of drug-likeness (QED) is 0.674. The van der Waals surface area contributed by atoms with Gasteiger partial charge in [-0.3, -0.25) is 9.78 Å². The number of pyridine rings is 1. The normalized spacial score (nSPS) is 10.3. The number of halogens is 1. The molecule has 0 radical (unpaired) electrons. The van der Waals surface area contributed by atoms with E-state index in [2.05, 4.69) is 4.98 Å². The number of aromatic nitrogens is 1. The summed E-state index contributed by atoms with van der Waals surface area (Å²) in [4.78, 5) is 16.7. The molecular formula is C18H12FNO. The van der Waals surface area contributed by atoms with Gasteiger partial charge in [0.2, 0.25) is 0 Å². The monoisotopic (exact) mass is 277 g/mol. The number of benzene rings is 2. The maximum absolute atomic E-state index is 12.9. The molecule has 0 atom stereocenters. The first kappa shape index (κ1) is 13.2. The lowest BCUT2D eigenvalue weighted by atomic mass is 10.00. The van der Waals surface area contributed by atoms with E-state index in [0.29, 0.717) is 11.1 Å². The fourth-order valence-electron chi connectivity index (χ4n) is 2.12. The van der Waals surface area contributed by atoms with Crippen molar-refractivity contribution in [2.75, 3.05) is 0 Å². The van der Waals surface area contributed by atoms with Crippen molar-refractivity contribution in [2.24, 2.45) is 0 Å². The van der Waals surface area contributed by atoms with Crippen LogP contribution in [0.4, 0.5) is 4.39 Å². The minimum absolute atomic E-state index is 0.132. The van der Waals surface area contributed by atoms with E-state index in [1.165, 1.54) is 24.3 Å². The molecule has 0 N–H and O–H groups in total. The SMILES string of the molecule is O=C(c1ccc(F)cc1)c1cccc(-c2ccccn2)c1. The number of ketones is 1. The first-order chi connectivity index (χ1) is 10.2. The third kappa shape index (κ3) is 2.87. The molecule has 0 saturated heterocycles. The first-order valence-electron chi connectivity index (χ1n) is 6.56. The van der Waals surface area contributed by atoms with E-state index in [0.717, 1.165) is 11.3 Å². The summed E-state index contributed by atoms with van der Waals surface area (Å²) in [5.41, 5.74) is 2.72. The second-order valence-electron chi connectivity index (χ2n) is 4.63. The zero-order valence-electron chi connectivity index (χ0n) is 11.2. The molecule has 0 bridgehead atoms. The molecule has 0 aliphatic carbocycles. The molecule has 1 heterocycles. The second-order valence-corrected chi connectivity index (χ2v) is 4.63. The predicted octanol–water partition coefficient (Wildman–Crippen LogP) is 4.12. The Morgan fingerprint density at radius 1 is 0.857 bits per heavy atom. The van der Waals surface area contributed by atoms with Crippen molar-refractivity contribution < 1.29 is 9.18 Å². The zero-order chi connectivity index (χ0) is 14.7. The van der Waals surface area contributed by atoms with Crippen LogP contribution >= 0.6 is 0 Å². The highest BCUT2D eigenvalue weighted by Gasteiger charge is 2.10. The summed E-state index contributed by atoms with van der Waals surface area (Å²) in [6.45, 7) is 0. The summed E-state index contributed by atoms with van der Waals surface area (Å²) in [7, 11) is 0. The van der Waals surface area contributed by atoms with Crippen LogP contribution in [0, 0.1) is 5.82 Å². The molecule has 3 aromatic rings. The van der Waals surface area contributed by atoms with E-state index in [4.69, 9.17) is 0 Å². The molecule has 0 saturated carbocycles. The van der Waals surface area contributed by atoms with E-state index in [1.807, 2.05) is 30.3 Å². The minimum Gasteiger partial charge on any atom is -0.289 e. The lowest BCUT2D eigenvalue weighted by molar-refractivity contribution is 0.103. The van der Waals surface area contributed by atoms with Crippen molar-refractivity contribution in [3.05, 3.63) is 89.9 Å². The van der Waals surface area contributed by atoms with Gasteiger partial charge in [-0.15, -0.1) is 0 Å². The van der Waals surface area contributed by atoms with Gasteiger partial charge in [-0.1, -0.05) is 24.3 Å². The largest absolute Gasteiger partial charge is 0.289 e. The summed E-state index contributed by atoms with van der Waals surface area (Å²) in [6, 6.07) is 18.5. The average Bonchev–Trinajstić information content (AvgIpc) is 2.56. The molecule has 1 aromatic heterocycles. The molecule has 0 amide bonds. The van der Waals surface area contributed by atoms with Gasteiger partial charge in [-0.2, -0.15) is 0 Å². The van der Waals surface area contributed by atoms with Crippen LogP contribution in [-0.2, 0) is 0 Å². The maximum Gasteiger partial charge on any atom is 0.193 e. The highest BCUT2D eigenvalue weighted by molar-refractivity contribution is 6.09. The first-order valence-corrected chi connectivity index (χ1v) is 6.56. The third-order valence-corrected chi connectivity index (χ3v) is 3.19. The minimum atomic E-state index is -0.353. The topological polar surface area (TPSA) is 30.0 Å². The van der Waals surface area contributed by atoms with E-state index in [-0.39, 0.29) is 11.6 Å². The van der Waals surface area contributed by atoms with Crippen molar-refractivity contribution in [3.8, 4) is 11.3 Å². The lowest BCUT2D eigenvalue weighted by Gasteiger charge is -2.05. The molecule has 2 nitrogen and oxygen atoms in total. The summed E-state index contributed by atoms with van der Waals surface area (Å²) < 4.78 is 12.9. The Morgan fingerprint density at radius 2 is 1.67 bits per heavy atom. The van der Waals surface area contributed by atoms with Crippen LogP contribution in [0.1, 0.15) is 15.9 Å². The highest BCUT2D eigenvalue weighted by Crippen LogP contribution is 2.19. The van der Waals surface area contributed by atoms with Crippen molar-refractivity contribution >= 4 is 5.78 Å². The van der Waals surface area contributed by atoms with Crippen molar-refractivity contribution in [2.45, 2.75) is 0 Å². The molecule has 0 aliphatic heterocycles. The molecule has 0 spiro atoms. The molecule has 3 rings (SSSR count). The van der Waals surface area contributed by atoms with Crippen molar-refractivity contribution in [1.29, 1.82) is 0 Å². The summed E-state index contributed by atoms with van der Waals surface area (Å²) in [5.74, 6) is -0.485. The van der Waals surface area contributed by atoms with Crippen LogP contribution in [0.2, 0.25) is 0 Å². The van der Waals surface area contributed by atoms with Crippen LogP contribution in [0.3, 0.4) is 0 Å². The Morgan fingerprint density at radius 3 is 2.38 bits per heavy atom. The van der Waals surface area contributed by atoms with E-state index >= 15 is 0 Å². The van der Waals surface area contributed by atoms with E-state index < -0.39 is 0 Å². The van der Waals surface area contributed by atoms with Crippen molar-refractivity contribution in [1.82, 2.24) is 4.98 Å². The van der Waals surface area contributed by atoms with Gasteiger partial charge in [-0.25, -0.2) is 4.39 Å². The van der Waals surface area contributed by atoms with Gasteiger partial charge in [0.25, 0.3) is 0 Å². The highest BCUT2D eigenvalue weighted by atomic mass is 19.1. The second kappa shape index (κ2) is 5.67. The Bertz CT molecular complexity index is 767. The lowest BCUT2D eigenvalue weighted by Crippen LogP contribution is -2.01. The smallest absolute Gasteiger partial charge is 0.193 e. The number of hydrogen-bond donors (Lipinski definition) is 0. The van der Waals surface area contributed by atoms with Crippen molar-refractivity contribution in [3.63, 3.8) is 0 Å². The van der Waals surface area contributed by atoms with E-state index in [9.17, 15) is 9.18 Å². The predicted molar refractivity (Wildman–Crippen MR) is 79.5 cm³/mol. The fraction of sp³-hybridized carbons (Fsp3) is 0. The molecular weight excluding hydrogens is 265 g/mol. The summed E-state index contributed by atoms with van der Waals surface area (Å²) in [5, 5.41) is 0. The van der Waals surface area contributed by atoms with Gasteiger partial charge >= 0.3 is 0 Å². The Labute approximate surface area is 121 Å². The Hall–Kier alpha value is -2.81. The molecule has 102 valence electrons. The number of carbonyl (C=O) groups excluding carboxylic acids is 1. The molecule has 0 unspecified atom stereocenters. The molecule has 0 aliphatic rings. The van der Waals surface area contributed by atoms with Gasteiger partial charge in [0.05, 0.1) is 5.69 Å². The van der Waals surface area contributed by atoms with Gasteiger partial charge in [-0.05, 0) is 42.5 Å². The third-order valence-electron chi connectivity index (χ3n) is 3.19. The molecule has 2 aromatic carbocycles. The van der Waals surface area contributed by atoms with Gasteiger partial charge in [0.1, 0.15) is 5.82 Å². The van der Waals surface area contributed by atoms with Crippen LogP contribution in [0.15, 0.2) is 72.9 Å². The standard InChI is InChI=1S/C18H12FNO/c19-16-9-7-13(8-10-16)18(21)15-5-3-4-14(12-15)17-6-1-2-11-20-17/h1-12H. The number of carbonyl (C=O) groups is 1. The Kier molecular flexibility index (Phi) is 3.56. The molecule has 0 fully saturated rings. The number of rotatable bonds is 3. The van der Waals surface area contributed by atoms with Gasteiger partial charge < -0.3 is 0 Å². The van der Waals surface area contributed by atoms with Crippen LogP contribution in [0.5, 0.6) is 0 Å². The summed E-state index contributed by atoms with van der Waals surface area (Å²) in [6.07, 6.45) is 1.71. The molecule has 21 heavy (non-hydrogen) atoms. The molecule has 3 heteroatoms. The average molecular weight is 277 g/mol. The van der Waals surface area contributed by atoms with Crippen LogP contribution < -0.4 is 0 Å². The van der Waals surface area contributed by atoms with Crippen LogP contribution in [-0.4, -0.2) is 10.8 Å². The van der Waals surface area contributed by atoms with Gasteiger partial charge in [0.15, 0.2) is 5.78 Å². The van der Waals surface area contributed by atoms with Gasteiger partial charge in [0, 0.05) is 22.9 Å². The zero-order valence-corrected chi connectivity index (χ0v) is 11.2. The van der Waals surface area contributed by atoms with Crippen LogP contribution in [0.25, 0.3) is 11.3 Å².